The molecule has 0 N–H and O–H groups in total. The molecule has 24 heavy (non-hydrogen) atoms. The van der Waals surface area contributed by atoms with Gasteiger partial charge in [-0.05, 0) is 37.1 Å². The molecule has 0 spiro atoms. The number of unbranched alkanes of at least 4 members (excludes halogenated alkanes) is 2. The number of halogens is 1. The van der Waals surface area contributed by atoms with Gasteiger partial charge in [-0.25, -0.2) is 9.18 Å². The molecule has 0 amide bonds. The lowest BCUT2D eigenvalue weighted by molar-refractivity contribution is -0.129. The first-order valence-electron chi connectivity index (χ1n) is 8.41. The van der Waals surface area contributed by atoms with Crippen molar-refractivity contribution in [3.63, 3.8) is 0 Å². The second kappa shape index (κ2) is 9.38. The van der Waals surface area contributed by atoms with Gasteiger partial charge in [-0.15, -0.1) is 11.3 Å². The minimum atomic E-state index is -0.473. The molecule has 0 saturated carbocycles. The minimum absolute atomic E-state index is 0.228. The first kappa shape index (κ1) is 18.4. The fourth-order valence-corrected chi connectivity index (χ4v) is 3.45. The van der Waals surface area contributed by atoms with Gasteiger partial charge in [-0.1, -0.05) is 39.2 Å². The van der Waals surface area contributed by atoms with Crippen LogP contribution in [0, 0.1) is 5.82 Å². The lowest BCUT2D eigenvalue weighted by Crippen LogP contribution is -2.04. The average molecular weight is 346 g/mol. The third-order valence-corrected chi connectivity index (χ3v) is 4.74. The third-order valence-electron chi connectivity index (χ3n) is 3.56. The van der Waals surface area contributed by atoms with E-state index >= 15 is 0 Å². The zero-order chi connectivity index (χ0) is 17.4. The van der Waals surface area contributed by atoms with Gasteiger partial charge in [-0.3, -0.25) is 0 Å². The molecule has 1 aromatic heterocycles. The minimum Gasteiger partial charge on any atom is -0.423 e. The fourth-order valence-electron chi connectivity index (χ4n) is 2.31. The van der Waals surface area contributed by atoms with Crippen molar-refractivity contribution in [3.8, 4) is 16.2 Å². The van der Waals surface area contributed by atoms with E-state index < -0.39 is 5.97 Å². The van der Waals surface area contributed by atoms with E-state index in [-0.39, 0.29) is 11.6 Å². The normalized spacial score (nSPS) is 11.1. The Morgan fingerprint density at radius 1 is 1.21 bits per heavy atom. The van der Waals surface area contributed by atoms with Crippen LogP contribution in [0.5, 0.6) is 5.75 Å². The molecule has 0 aliphatic carbocycles. The van der Waals surface area contributed by atoms with E-state index in [1.165, 1.54) is 17.0 Å². The maximum atomic E-state index is 14.3. The maximum absolute atomic E-state index is 14.3. The predicted octanol–water partition coefficient (Wildman–Crippen LogP) is 6.16. The van der Waals surface area contributed by atoms with Crippen molar-refractivity contribution in [2.45, 2.75) is 46.0 Å². The summed E-state index contributed by atoms with van der Waals surface area (Å²) in [5, 5.41) is 0. The maximum Gasteiger partial charge on any atom is 0.335 e. The van der Waals surface area contributed by atoms with Crippen molar-refractivity contribution in [1.29, 1.82) is 0 Å². The van der Waals surface area contributed by atoms with Gasteiger partial charge in [0.15, 0.2) is 0 Å². The van der Waals surface area contributed by atoms with E-state index in [1.54, 1.807) is 29.5 Å². The molecule has 0 atom stereocenters. The Morgan fingerprint density at radius 3 is 2.75 bits per heavy atom. The van der Waals surface area contributed by atoms with Crippen LogP contribution in [0.3, 0.4) is 0 Å². The quantitative estimate of drug-likeness (QED) is 0.248. The summed E-state index contributed by atoms with van der Waals surface area (Å²) >= 11 is 1.60. The first-order valence-corrected chi connectivity index (χ1v) is 9.22. The number of rotatable bonds is 8. The van der Waals surface area contributed by atoms with Crippen molar-refractivity contribution >= 4 is 17.3 Å². The molecule has 2 rings (SSSR count). The largest absolute Gasteiger partial charge is 0.423 e. The van der Waals surface area contributed by atoms with Crippen LogP contribution in [0.25, 0.3) is 10.4 Å². The molecule has 1 aromatic carbocycles. The molecule has 2 aromatic rings. The summed E-state index contributed by atoms with van der Waals surface area (Å²) in [5.41, 5.74) is 0.542. The molecule has 0 aliphatic rings. The molecule has 0 radical (unpaired) electrons. The van der Waals surface area contributed by atoms with E-state index in [0.29, 0.717) is 5.56 Å². The highest BCUT2D eigenvalue weighted by Gasteiger charge is 2.10. The van der Waals surface area contributed by atoms with Crippen LogP contribution in [0.4, 0.5) is 4.39 Å². The molecule has 2 nitrogen and oxygen atoms in total. The summed E-state index contributed by atoms with van der Waals surface area (Å²) in [6, 6.07) is 8.55. The van der Waals surface area contributed by atoms with Gasteiger partial charge in [0.25, 0.3) is 0 Å². The number of esters is 1. The number of carbonyl (C=O) groups excluding carboxylic acids is 1. The Balaban J connectivity index is 2.03. The van der Waals surface area contributed by atoms with Gasteiger partial charge < -0.3 is 4.74 Å². The number of hydrogen-bond acceptors (Lipinski definition) is 3. The molecule has 0 aliphatic heterocycles. The highest BCUT2D eigenvalue weighted by molar-refractivity contribution is 7.15. The summed E-state index contributed by atoms with van der Waals surface area (Å²) in [7, 11) is 0. The summed E-state index contributed by atoms with van der Waals surface area (Å²) in [6.07, 6.45) is 8.23. The monoisotopic (exact) mass is 346 g/mol. The Hall–Kier alpha value is -1.94. The number of carbonyl (C=O) groups is 1. The smallest absolute Gasteiger partial charge is 0.335 e. The van der Waals surface area contributed by atoms with Gasteiger partial charge in [0.1, 0.15) is 11.6 Å². The molecule has 4 heteroatoms. The zero-order valence-corrected chi connectivity index (χ0v) is 15.0. The van der Waals surface area contributed by atoms with Crippen LogP contribution >= 0.6 is 11.3 Å². The molecular weight excluding hydrogens is 323 g/mol. The van der Waals surface area contributed by atoms with Crippen LogP contribution in [0.1, 0.15) is 44.4 Å². The van der Waals surface area contributed by atoms with Gasteiger partial charge >= 0.3 is 5.97 Å². The standard InChI is InChI=1S/C20H23FO2S/c1-3-5-6-7-9-20(22)23-15-10-12-17(18(21)14-15)19-13-11-16(24-19)8-4-2/h7,9-14H,3-6,8H2,1-2H3/b9-7+. The molecule has 0 fully saturated rings. The molecule has 0 unspecified atom stereocenters. The zero-order valence-electron chi connectivity index (χ0n) is 14.2. The fraction of sp³-hybridized carbons (Fsp3) is 0.350. The van der Waals surface area contributed by atoms with Gasteiger partial charge in [0, 0.05) is 27.5 Å². The van der Waals surface area contributed by atoms with Crippen molar-refractivity contribution < 1.29 is 13.9 Å². The van der Waals surface area contributed by atoms with Crippen molar-refractivity contribution in [2.24, 2.45) is 0 Å². The van der Waals surface area contributed by atoms with Crippen LogP contribution in [-0.2, 0) is 11.2 Å². The molecular formula is C20H23FO2S. The van der Waals surface area contributed by atoms with E-state index in [0.717, 1.165) is 37.0 Å². The molecule has 128 valence electrons. The summed E-state index contributed by atoms with van der Waals surface area (Å²) in [5.74, 6) is -0.619. The predicted molar refractivity (Wildman–Crippen MR) is 98.0 cm³/mol. The second-order valence-electron chi connectivity index (χ2n) is 5.62. The summed E-state index contributed by atoms with van der Waals surface area (Å²) < 4.78 is 19.5. The van der Waals surface area contributed by atoms with Crippen LogP contribution in [0.15, 0.2) is 42.5 Å². The van der Waals surface area contributed by atoms with E-state index in [1.807, 2.05) is 12.1 Å². The number of benzene rings is 1. The number of aryl methyl sites for hydroxylation is 1. The third kappa shape index (κ3) is 5.31. The van der Waals surface area contributed by atoms with E-state index in [4.69, 9.17) is 4.74 Å². The topological polar surface area (TPSA) is 26.3 Å². The van der Waals surface area contributed by atoms with Gasteiger partial charge in [-0.2, -0.15) is 0 Å². The van der Waals surface area contributed by atoms with E-state index in [2.05, 4.69) is 13.8 Å². The number of allylic oxidation sites excluding steroid dienone is 1. The van der Waals surface area contributed by atoms with Crippen molar-refractivity contribution in [1.82, 2.24) is 0 Å². The lowest BCUT2D eigenvalue weighted by Gasteiger charge is -2.05. The van der Waals surface area contributed by atoms with Crippen LogP contribution < -0.4 is 4.74 Å². The second-order valence-corrected chi connectivity index (χ2v) is 6.79. The van der Waals surface area contributed by atoms with Crippen LogP contribution in [0.2, 0.25) is 0 Å². The van der Waals surface area contributed by atoms with Crippen LogP contribution in [-0.4, -0.2) is 5.97 Å². The van der Waals surface area contributed by atoms with Gasteiger partial charge in [0.05, 0.1) is 0 Å². The number of thiophene rings is 1. The Kier molecular flexibility index (Phi) is 7.19. The number of hydrogen-bond donors (Lipinski definition) is 0. The lowest BCUT2D eigenvalue weighted by atomic mass is 10.1. The Bertz CT molecular complexity index is 703. The summed E-state index contributed by atoms with van der Waals surface area (Å²) in [4.78, 5) is 13.8. The van der Waals surface area contributed by atoms with E-state index in [9.17, 15) is 9.18 Å². The van der Waals surface area contributed by atoms with Crippen molar-refractivity contribution in [2.75, 3.05) is 0 Å². The summed E-state index contributed by atoms with van der Waals surface area (Å²) in [6.45, 7) is 4.22. The average Bonchev–Trinajstić information content (AvgIpc) is 3.00. The Labute approximate surface area is 147 Å². The van der Waals surface area contributed by atoms with Crippen molar-refractivity contribution in [3.05, 3.63) is 53.2 Å². The highest BCUT2D eigenvalue weighted by atomic mass is 32.1. The number of ether oxygens (including phenoxy) is 1. The molecule has 0 bridgehead atoms. The molecule has 1 heterocycles. The Morgan fingerprint density at radius 2 is 2.04 bits per heavy atom. The van der Waals surface area contributed by atoms with Gasteiger partial charge in [0.2, 0.25) is 0 Å². The SMILES string of the molecule is CCCC/C=C/C(=O)Oc1ccc(-c2ccc(CCC)s2)c(F)c1. The first-order chi connectivity index (χ1) is 11.6. The molecule has 0 saturated heterocycles. The highest BCUT2D eigenvalue weighted by Crippen LogP contribution is 2.32.